The molecule has 1 saturated heterocycles. The van der Waals surface area contributed by atoms with Gasteiger partial charge in [-0.1, -0.05) is 60.7 Å². The molecule has 0 aromatic heterocycles. The number of hydrogen-bond acceptors (Lipinski definition) is 4. The molecule has 0 bridgehead atoms. The Balaban J connectivity index is 1.75. The smallest absolute Gasteiger partial charge is 0.377 e. The van der Waals surface area contributed by atoms with Gasteiger partial charge in [0.15, 0.2) is 5.71 Å². The molecule has 2 aliphatic heterocycles. The number of benzene rings is 2. The maximum Gasteiger partial charge on any atom is 0.377 e. The molecule has 2 aromatic rings. The zero-order valence-corrected chi connectivity index (χ0v) is 17.9. The molecule has 31 heavy (non-hydrogen) atoms. The molecule has 2 heterocycles. The van der Waals surface area contributed by atoms with E-state index in [1.807, 2.05) is 65.6 Å². The Bertz CT molecular complexity index is 974. The fraction of sp³-hybridized carbons (Fsp3) is 0.400. The van der Waals surface area contributed by atoms with Crippen LogP contribution in [0.15, 0.2) is 60.7 Å². The number of esters is 1. The molecule has 0 radical (unpaired) electrons. The Morgan fingerprint density at radius 3 is 2.32 bits per heavy atom. The van der Waals surface area contributed by atoms with Crippen LogP contribution in [0.4, 0.5) is 0 Å². The first-order valence-electron chi connectivity index (χ1n) is 10.8. The molecule has 0 spiro atoms. The van der Waals surface area contributed by atoms with Gasteiger partial charge >= 0.3 is 5.97 Å². The molecule has 1 fully saturated rings. The number of hydrogen-bond donors (Lipinski definition) is 0. The van der Waals surface area contributed by atoms with Crippen molar-refractivity contribution in [2.24, 2.45) is 11.8 Å². The second kappa shape index (κ2) is 8.92. The number of amides is 1. The lowest BCUT2D eigenvalue weighted by atomic mass is 9.77. The van der Waals surface area contributed by atoms with E-state index in [0.29, 0.717) is 25.1 Å². The quantitative estimate of drug-likeness (QED) is 0.409. The molecule has 0 N–H and O–H groups in total. The largest absolute Gasteiger partial charge is 0.623 e. The Hall–Kier alpha value is -3.15. The normalized spacial score (nSPS) is 25.5. The number of fused-ring (bicyclic) bond motifs is 1. The van der Waals surface area contributed by atoms with Crippen LogP contribution in [0.3, 0.4) is 0 Å². The van der Waals surface area contributed by atoms with Crippen molar-refractivity contribution in [3.8, 4) is 0 Å². The van der Waals surface area contributed by atoms with Crippen LogP contribution in [-0.2, 0) is 27.3 Å². The average Bonchev–Trinajstić information content (AvgIpc) is 3.01. The SMILES string of the molecule is CCOC(=O)[C@H]1[C@@H]2[C@@H](CC(C)=[N+]1[O-])C(=O)N(Cc1ccccc1)[C@H]2Cc1ccccc1. The minimum Gasteiger partial charge on any atom is -0.623 e. The number of carbonyl (C=O) groups excluding carboxylic acids is 2. The van der Waals surface area contributed by atoms with E-state index in [1.54, 1.807) is 13.8 Å². The Labute approximate surface area is 182 Å². The third-order valence-electron chi connectivity index (χ3n) is 6.43. The summed E-state index contributed by atoms with van der Waals surface area (Å²) in [7, 11) is 0. The highest BCUT2D eigenvalue weighted by Crippen LogP contribution is 2.42. The van der Waals surface area contributed by atoms with E-state index in [2.05, 4.69) is 0 Å². The van der Waals surface area contributed by atoms with Gasteiger partial charge < -0.3 is 14.8 Å². The van der Waals surface area contributed by atoms with Crippen LogP contribution in [0.2, 0.25) is 0 Å². The van der Waals surface area contributed by atoms with Crippen LogP contribution in [0, 0.1) is 17.0 Å². The van der Waals surface area contributed by atoms with Crippen molar-refractivity contribution in [1.29, 1.82) is 0 Å². The Morgan fingerprint density at radius 1 is 1.10 bits per heavy atom. The summed E-state index contributed by atoms with van der Waals surface area (Å²) in [6.07, 6.45) is 0.961. The monoisotopic (exact) mass is 420 g/mol. The van der Waals surface area contributed by atoms with Crippen molar-refractivity contribution in [3.63, 3.8) is 0 Å². The van der Waals surface area contributed by atoms with Crippen molar-refractivity contribution in [2.75, 3.05) is 6.61 Å². The van der Waals surface area contributed by atoms with Crippen molar-refractivity contribution >= 4 is 17.6 Å². The molecule has 2 aliphatic rings. The molecule has 2 aromatic carbocycles. The molecule has 4 rings (SSSR count). The lowest BCUT2D eigenvalue weighted by Crippen LogP contribution is -2.51. The predicted molar refractivity (Wildman–Crippen MR) is 117 cm³/mol. The molecule has 6 heteroatoms. The van der Waals surface area contributed by atoms with Gasteiger partial charge in [-0.3, -0.25) is 4.79 Å². The van der Waals surface area contributed by atoms with Gasteiger partial charge in [-0.05, 0) is 24.5 Å². The van der Waals surface area contributed by atoms with Crippen molar-refractivity contribution in [2.45, 2.75) is 45.3 Å². The summed E-state index contributed by atoms with van der Waals surface area (Å²) < 4.78 is 6.06. The zero-order valence-electron chi connectivity index (χ0n) is 17.9. The van der Waals surface area contributed by atoms with Crippen LogP contribution in [0.25, 0.3) is 0 Å². The first kappa shape index (κ1) is 21.1. The molecular formula is C25H28N2O4. The summed E-state index contributed by atoms with van der Waals surface area (Å²) in [5.74, 6) is -1.34. The summed E-state index contributed by atoms with van der Waals surface area (Å²) in [4.78, 5) is 28.3. The van der Waals surface area contributed by atoms with E-state index in [0.717, 1.165) is 15.9 Å². The first-order chi connectivity index (χ1) is 15.0. The molecule has 0 aliphatic carbocycles. The fourth-order valence-electron chi connectivity index (χ4n) is 5.03. The van der Waals surface area contributed by atoms with Gasteiger partial charge in [0.2, 0.25) is 5.91 Å². The zero-order chi connectivity index (χ0) is 22.0. The number of rotatable bonds is 6. The van der Waals surface area contributed by atoms with Crippen LogP contribution >= 0.6 is 0 Å². The van der Waals surface area contributed by atoms with Gasteiger partial charge in [-0.15, -0.1) is 0 Å². The number of ether oxygens (including phenoxy) is 1. The number of carbonyl (C=O) groups is 2. The lowest BCUT2D eigenvalue weighted by Gasteiger charge is -2.34. The van der Waals surface area contributed by atoms with E-state index < -0.39 is 23.8 Å². The van der Waals surface area contributed by atoms with Crippen LogP contribution in [0.1, 0.15) is 31.4 Å². The molecule has 0 saturated carbocycles. The minimum absolute atomic E-state index is 0.0107. The summed E-state index contributed by atoms with van der Waals surface area (Å²) in [5, 5.41) is 13.0. The van der Waals surface area contributed by atoms with Gasteiger partial charge in [-0.2, -0.15) is 4.74 Å². The fourth-order valence-corrected chi connectivity index (χ4v) is 5.03. The van der Waals surface area contributed by atoms with E-state index in [1.165, 1.54) is 0 Å². The van der Waals surface area contributed by atoms with E-state index in [4.69, 9.17) is 4.74 Å². The minimum atomic E-state index is -1.00. The van der Waals surface area contributed by atoms with Gasteiger partial charge in [0.25, 0.3) is 6.04 Å². The predicted octanol–water partition coefficient (Wildman–Crippen LogP) is 3.18. The van der Waals surface area contributed by atoms with Gasteiger partial charge in [0, 0.05) is 25.9 Å². The van der Waals surface area contributed by atoms with E-state index in [9.17, 15) is 14.8 Å². The average molecular weight is 421 g/mol. The van der Waals surface area contributed by atoms with E-state index in [-0.39, 0.29) is 18.6 Å². The highest BCUT2D eigenvalue weighted by molar-refractivity contribution is 5.91. The molecule has 1 amide bonds. The standard InChI is InChI=1S/C25H28N2O4/c1-3-31-25(29)23-22-20(14-17(2)27(23)30)24(28)26(16-19-12-8-5-9-13-19)21(22)15-18-10-6-4-7-11-18/h4-13,20-23H,3,14-16H2,1-2H3/t20-,21+,22-,23-/m1/s1. The van der Waals surface area contributed by atoms with Crippen LogP contribution in [-0.4, -0.2) is 45.9 Å². The summed E-state index contributed by atoms with van der Waals surface area (Å²) in [6.45, 7) is 4.09. The third-order valence-corrected chi connectivity index (χ3v) is 6.43. The topological polar surface area (TPSA) is 72.7 Å². The van der Waals surface area contributed by atoms with Crippen molar-refractivity contribution < 1.29 is 19.1 Å². The van der Waals surface area contributed by atoms with Gasteiger partial charge in [0.1, 0.15) is 0 Å². The molecular weight excluding hydrogens is 392 g/mol. The van der Waals surface area contributed by atoms with Crippen molar-refractivity contribution in [1.82, 2.24) is 4.90 Å². The second-order valence-corrected chi connectivity index (χ2v) is 8.35. The van der Waals surface area contributed by atoms with Crippen LogP contribution < -0.4 is 0 Å². The highest BCUT2D eigenvalue weighted by atomic mass is 16.5. The molecule has 0 unspecified atom stereocenters. The summed E-state index contributed by atoms with van der Waals surface area (Å²) >= 11 is 0. The number of hydroxylamine groups is 1. The van der Waals surface area contributed by atoms with Crippen molar-refractivity contribution in [3.05, 3.63) is 77.0 Å². The summed E-state index contributed by atoms with van der Waals surface area (Å²) in [5.41, 5.74) is 2.61. The maximum absolute atomic E-state index is 13.6. The Kier molecular flexibility index (Phi) is 6.07. The van der Waals surface area contributed by atoms with Gasteiger partial charge in [0.05, 0.1) is 18.4 Å². The molecule has 162 valence electrons. The Morgan fingerprint density at radius 2 is 1.71 bits per heavy atom. The lowest BCUT2D eigenvalue weighted by molar-refractivity contribution is -0.508. The number of nitrogens with zero attached hydrogens (tertiary/aromatic N) is 2. The first-order valence-corrected chi connectivity index (χ1v) is 10.8. The second-order valence-electron chi connectivity index (χ2n) is 8.35. The third kappa shape index (κ3) is 4.07. The maximum atomic E-state index is 13.6. The summed E-state index contributed by atoms with van der Waals surface area (Å²) in [6, 6.07) is 18.5. The number of likely N-dealkylation sites (tertiary alicyclic amines) is 1. The van der Waals surface area contributed by atoms with E-state index >= 15 is 0 Å². The molecule has 6 nitrogen and oxygen atoms in total. The van der Waals surface area contributed by atoms with Gasteiger partial charge in [-0.25, -0.2) is 4.79 Å². The molecule has 4 atom stereocenters. The van der Waals surface area contributed by atoms with Crippen LogP contribution in [0.5, 0.6) is 0 Å². The highest BCUT2D eigenvalue weighted by Gasteiger charge is 2.59.